The van der Waals surface area contributed by atoms with Crippen LogP contribution in [0.4, 0.5) is 18.9 Å². The summed E-state index contributed by atoms with van der Waals surface area (Å²) in [6.45, 7) is 4.00. The highest BCUT2D eigenvalue weighted by molar-refractivity contribution is 7.99. The van der Waals surface area contributed by atoms with Gasteiger partial charge in [0.15, 0.2) is 0 Å². The minimum atomic E-state index is -4.66. The van der Waals surface area contributed by atoms with Crippen LogP contribution in [0.1, 0.15) is 12.5 Å². The molecule has 0 fully saturated rings. The van der Waals surface area contributed by atoms with Gasteiger partial charge in [-0.15, -0.1) is 11.8 Å². The Labute approximate surface area is 164 Å². The maximum absolute atomic E-state index is 12.4. The summed E-state index contributed by atoms with van der Waals surface area (Å²) in [5.41, 5.74) is 2.48. The lowest BCUT2D eigenvalue weighted by Crippen LogP contribution is -2.19. The van der Waals surface area contributed by atoms with Gasteiger partial charge in [-0.25, -0.2) is 4.98 Å². The molecule has 3 heterocycles. The molecule has 0 aromatic carbocycles. The van der Waals surface area contributed by atoms with E-state index < -0.39 is 11.9 Å². The number of pyridine rings is 2. The lowest BCUT2D eigenvalue weighted by Gasteiger charge is -2.08. The van der Waals surface area contributed by atoms with Crippen molar-refractivity contribution in [2.24, 2.45) is 0 Å². The summed E-state index contributed by atoms with van der Waals surface area (Å²) in [5.74, 6) is 0.805. The molecule has 0 aliphatic carbocycles. The second-order valence-electron chi connectivity index (χ2n) is 5.99. The number of fused-ring (bicyclic) bond motifs is 1. The number of imidazole rings is 1. The molecule has 3 aromatic rings. The predicted molar refractivity (Wildman–Crippen MR) is 106 cm³/mol. The Balaban J connectivity index is 1.88. The zero-order chi connectivity index (χ0) is 20.3. The second kappa shape index (κ2) is 8.05. The Morgan fingerprint density at radius 1 is 1.36 bits per heavy atom. The third kappa shape index (κ3) is 4.53. The first-order valence-electron chi connectivity index (χ1n) is 8.45. The van der Waals surface area contributed by atoms with E-state index in [9.17, 15) is 13.2 Å². The first-order valence-corrected chi connectivity index (χ1v) is 9.44. The fraction of sp³-hybridized carbons (Fsp3) is 0.211. The third-order valence-electron chi connectivity index (χ3n) is 3.82. The highest BCUT2D eigenvalue weighted by Gasteiger charge is 2.32. The molecule has 0 unspecified atom stereocenters. The van der Waals surface area contributed by atoms with Crippen molar-refractivity contribution < 1.29 is 13.2 Å². The smallest absolute Gasteiger partial charge is 0.360 e. The zero-order valence-electron chi connectivity index (χ0n) is 15.2. The van der Waals surface area contributed by atoms with Crippen LogP contribution in [0.15, 0.2) is 54.0 Å². The number of halogens is 3. The van der Waals surface area contributed by atoms with Crippen molar-refractivity contribution in [2.75, 3.05) is 11.1 Å². The van der Waals surface area contributed by atoms with Crippen LogP contribution in [0.25, 0.3) is 17.0 Å². The molecular weight excluding hydrogens is 387 g/mol. The number of hydrogen-bond donors (Lipinski definition) is 2. The molecule has 0 saturated heterocycles. The normalized spacial score (nSPS) is 12.0. The average Bonchev–Trinajstić information content (AvgIpc) is 3.04. The summed E-state index contributed by atoms with van der Waals surface area (Å²) in [7, 11) is 0. The fourth-order valence-electron chi connectivity index (χ4n) is 2.49. The van der Waals surface area contributed by atoms with E-state index in [2.05, 4.69) is 15.3 Å². The van der Waals surface area contributed by atoms with Gasteiger partial charge in [0.05, 0.1) is 11.9 Å². The van der Waals surface area contributed by atoms with Gasteiger partial charge in [0, 0.05) is 23.5 Å². The Kier molecular flexibility index (Phi) is 5.73. The van der Waals surface area contributed by atoms with Crippen molar-refractivity contribution in [3.05, 3.63) is 54.6 Å². The first-order chi connectivity index (χ1) is 13.3. The van der Waals surface area contributed by atoms with Crippen LogP contribution in [0.3, 0.4) is 0 Å². The molecule has 3 aromatic heterocycles. The van der Waals surface area contributed by atoms with E-state index in [1.165, 1.54) is 6.20 Å². The lowest BCUT2D eigenvalue weighted by molar-refractivity contribution is -0.0584. The molecule has 146 valence electrons. The molecule has 0 aliphatic rings. The third-order valence-corrected chi connectivity index (χ3v) is 4.73. The van der Waals surface area contributed by atoms with Crippen molar-refractivity contribution in [1.29, 1.82) is 5.41 Å². The Morgan fingerprint density at radius 2 is 2.14 bits per heavy atom. The van der Waals surface area contributed by atoms with Gasteiger partial charge in [-0.05, 0) is 42.5 Å². The quantitative estimate of drug-likeness (QED) is 0.430. The average molecular weight is 405 g/mol. The standard InChI is InChI=1S/C19H18F3N5S/c1-3-28-15-9-13(24-6-4-16(23)19(20,21)22)10-25-18(15)14-11-27-7-5-12(2)8-17(27)26-14/h4-11,23-24H,3H2,1-2H3/b6-4-,23-16?. The van der Waals surface area contributed by atoms with E-state index in [0.29, 0.717) is 17.5 Å². The van der Waals surface area contributed by atoms with Gasteiger partial charge in [-0.3, -0.25) is 10.4 Å². The molecule has 0 amide bonds. The van der Waals surface area contributed by atoms with Crippen LogP contribution < -0.4 is 5.32 Å². The minimum Gasteiger partial charge on any atom is -0.360 e. The van der Waals surface area contributed by atoms with Crippen molar-refractivity contribution in [1.82, 2.24) is 14.4 Å². The number of thioether (sulfide) groups is 1. The van der Waals surface area contributed by atoms with E-state index in [4.69, 9.17) is 5.41 Å². The number of nitrogens with one attached hydrogen (secondary N) is 2. The predicted octanol–water partition coefficient (Wildman–Crippen LogP) is 5.32. The highest BCUT2D eigenvalue weighted by atomic mass is 32.2. The highest BCUT2D eigenvalue weighted by Crippen LogP contribution is 2.31. The van der Waals surface area contributed by atoms with Gasteiger partial charge in [0.2, 0.25) is 0 Å². The van der Waals surface area contributed by atoms with Crippen molar-refractivity contribution in [3.8, 4) is 11.4 Å². The topological polar surface area (TPSA) is 66.1 Å². The molecule has 2 N–H and O–H groups in total. The largest absolute Gasteiger partial charge is 0.432 e. The number of anilines is 1. The molecule has 0 spiro atoms. The van der Waals surface area contributed by atoms with Gasteiger partial charge in [-0.2, -0.15) is 13.2 Å². The summed E-state index contributed by atoms with van der Waals surface area (Å²) in [6, 6.07) is 5.78. The van der Waals surface area contributed by atoms with Gasteiger partial charge in [0.25, 0.3) is 0 Å². The van der Waals surface area contributed by atoms with E-state index >= 15 is 0 Å². The minimum absolute atomic E-state index is 0.533. The van der Waals surface area contributed by atoms with Gasteiger partial charge in [0.1, 0.15) is 22.7 Å². The monoisotopic (exact) mass is 405 g/mol. The molecule has 28 heavy (non-hydrogen) atoms. The van der Waals surface area contributed by atoms with E-state index in [0.717, 1.165) is 33.8 Å². The Hall–Kier alpha value is -2.81. The number of rotatable bonds is 6. The van der Waals surface area contributed by atoms with Crippen LogP contribution >= 0.6 is 11.8 Å². The van der Waals surface area contributed by atoms with Gasteiger partial charge in [-0.1, -0.05) is 6.92 Å². The number of aryl methyl sites for hydroxylation is 1. The van der Waals surface area contributed by atoms with Crippen LogP contribution in [0, 0.1) is 12.3 Å². The number of nitrogens with zero attached hydrogens (tertiary/aromatic N) is 3. The zero-order valence-corrected chi connectivity index (χ0v) is 16.0. The van der Waals surface area contributed by atoms with Crippen LogP contribution in [0.2, 0.25) is 0 Å². The van der Waals surface area contributed by atoms with E-state index in [1.54, 1.807) is 11.8 Å². The SMILES string of the molecule is CCSc1cc(N/C=C\C(=N)C(F)(F)F)cnc1-c1cn2ccc(C)cc2n1. The van der Waals surface area contributed by atoms with Gasteiger partial charge >= 0.3 is 6.18 Å². The molecule has 0 saturated carbocycles. The Bertz CT molecular complexity index is 1040. The number of allylic oxidation sites excluding steroid dienone is 1. The summed E-state index contributed by atoms with van der Waals surface area (Å²) < 4.78 is 39.0. The van der Waals surface area contributed by atoms with E-state index in [1.807, 2.05) is 48.8 Å². The molecule has 9 heteroatoms. The van der Waals surface area contributed by atoms with Crippen LogP contribution in [-0.4, -0.2) is 32.0 Å². The van der Waals surface area contributed by atoms with E-state index in [-0.39, 0.29) is 0 Å². The summed E-state index contributed by atoms with van der Waals surface area (Å²) in [4.78, 5) is 9.96. The fourth-order valence-corrected chi connectivity index (χ4v) is 3.31. The lowest BCUT2D eigenvalue weighted by atomic mass is 10.2. The molecule has 5 nitrogen and oxygen atoms in total. The number of hydrogen-bond acceptors (Lipinski definition) is 5. The molecular formula is C19H18F3N5S. The Morgan fingerprint density at radius 3 is 2.86 bits per heavy atom. The molecule has 0 atom stereocenters. The molecule has 0 bridgehead atoms. The maximum Gasteiger partial charge on any atom is 0.432 e. The maximum atomic E-state index is 12.4. The summed E-state index contributed by atoms with van der Waals surface area (Å²) >= 11 is 1.57. The molecule has 0 aliphatic heterocycles. The molecule has 0 radical (unpaired) electrons. The van der Waals surface area contributed by atoms with Crippen LogP contribution in [0.5, 0.6) is 0 Å². The second-order valence-corrected chi connectivity index (χ2v) is 7.29. The van der Waals surface area contributed by atoms with Crippen molar-refractivity contribution in [2.45, 2.75) is 24.9 Å². The summed E-state index contributed by atoms with van der Waals surface area (Å²) in [6.07, 6.45) is 2.46. The van der Waals surface area contributed by atoms with Gasteiger partial charge < -0.3 is 9.72 Å². The number of aromatic nitrogens is 3. The first kappa shape index (κ1) is 19.9. The van der Waals surface area contributed by atoms with Crippen LogP contribution in [-0.2, 0) is 0 Å². The summed E-state index contributed by atoms with van der Waals surface area (Å²) in [5, 5.41) is 9.68. The van der Waals surface area contributed by atoms with Crippen molar-refractivity contribution in [3.63, 3.8) is 0 Å². The number of alkyl halides is 3. The molecule has 3 rings (SSSR count). The van der Waals surface area contributed by atoms with Crippen molar-refractivity contribution >= 4 is 28.8 Å².